The number of imidazole rings is 1. The van der Waals surface area contributed by atoms with E-state index in [0.717, 1.165) is 22.2 Å². The van der Waals surface area contributed by atoms with Gasteiger partial charge in [0.05, 0.1) is 13.2 Å². The van der Waals surface area contributed by atoms with Crippen LogP contribution in [0.15, 0.2) is 41.8 Å². The van der Waals surface area contributed by atoms with E-state index in [2.05, 4.69) is 21.8 Å². The Morgan fingerprint density at radius 2 is 2.37 bits per heavy atom. The first-order valence-corrected chi connectivity index (χ1v) is 6.91. The van der Waals surface area contributed by atoms with E-state index >= 15 is 0 Å². The molecule has 0 spiro atoms. The zero-order valence-electron chi connectivity index (χ0n) is 10.4. The first-order valence-electron chi connectivity index (χ1n) is 5.92. The number of ether oxygens (including phenoxy) is 1. The summed E-state index contributed by atoms with van der Waals surface area (Å²) in [5.41, 5.74) is 6.26. The van der Waals surface area contributed by atoms with Crippen LogP contribution >= 0.6 is 11.8 Å². The maximum atomic E-state index is 5.66. The third-order valence-electron chi connectivity index (χ3n) is 2.23. The molecular weight excluding hydrogens is 258 g/mol. The molecule has 0 bridgehead atoms. The van der Waals surface area contributed by atoms with Crippen LogP contribution in [0.4, 0.5) is 0 Å². The van der Waals surface area contributed by atoms with Crippen molar-refractivity contribution in [1.82, 2.24) is 9.97 Å². The lowest BCUT2D eigenvalue weighted by Gasteiger charge is -2.05. The number of hydrogen-bond donors (Lipinski definition) is 2. The molecule has 98 valence electrons. The molecule has 1 heterocycles. The van der Waals surface area contributed by atoms with Crippen molar-refractivity contribution in [3.05, 3.63) is 42.2 Å². The van der Waals surface area contributed by atoms with Crippen molar-refractivity contribution in [2.45, 2.75) is 5.16 Å². The molecule has 0 amide bonds. The number of nitrogens with one attached hydrogen (secondary N) is 1. The summed E-state index contributed by atoms with van der Waals surface area (Å²) in [7, 11) is 0. The Morgan fingerprint density at radius 1 is 1.42 bits per heavy atom. The number of aromatic amines is 1. The second-order valence-electron chi connectivity index (χ2n) is 3.62. The highest BCUT2D eigenvalue weighted by Crippen LogP contribution is 2.15. The van der Waals surface area contributed by atoms with E-state index in [9.17, 15) is 0 Å². The summed E-state index contributed by atoms with van der Waals surface area (Å²) in [6.45, 7) is 0.990. The fourth-order valence-corrected chi connectivity index (χ4v) is 2.09. The summed E-state index contributed by atoms with van der Waals surface area (Å²) < 4.78 is 5.66. The molecule has 0 unspecified atom stereocenters. The van der Waals surface area contributed by atoms with Crippen molar-refractivity contribution in [2.24, 2.45) is 5.73 Å². The predicted molar refractivity (Wildman–Crippen MR) is 77.2 cm³/mol. The molecule has 0 saturated carbocycles. The molecule has 1 aromatic heterocycles. The van der Waals surface area contributed by atoms with Gasteiger partial charge >= 0.3 is 0 Å². The molecule has 0 atom stereocenters. The number of H-pyrrole nitrogens is 1. The molecule has 0 aliphatic rings. The van der Waals surface area contributed by atoms with E-state index in [4.69, 9.17) is 10.5 Å². The van der Waals surface area contributed by atoms with Gasteiger partial charge in [-0.1, -0.05) is 29.7 Å². The van der Waals surface area contributed by atoms with Crippen molar-refractivity contribution < 1.29 is 4.74 Å². The number of hydrogen-bond acceptors (Lipinski definition) is 4. The van der Waals surface area contributed by atoms with Crippen LogP contribution in [0.2, 0.25) is 0 Å². The normalized spacial score (nSPS) is 9.74. The largest absolute Gasteiger partial charge is 0.493 e. The van der Waals surface area contributed by atoms with Crippen molar-refractivity contribution in [2.75, 3.05) is 18.9 Å². The second-order valence-corrected chi connectivity index (χ2v) is 4.71. The monoisotopic (exact) mass is 273 g/mol. The summed E-state index contributed by atoms with van der Waals surface area (Å²) in [5, 5.41) is 0.908. The lowest BCUT2D eigenvalue weighted by atomic mass is 10.2. The number of thioether (sulfide) groups is 1. The van der Waals surface area contributed by atoms with Crippen LogP contribution in [0.1, 0.15) is 5.56 Å². The number of rotatable bonds is 5. The van der Waals surface area contributed by atoms with E-state index in [1.165, 1.54) is 0 Å². The molecule has 0 aliphatic carbocycles. The Labute approximate surface area is 116 Å². The molecule has 5 heteroatoms. The van der Waals surface area contributed by atoms with E-state index in [0.29, 0.717) is 13.2 Å². The highest BCUT2D eigenvalue weighted by atomic mass is 32.2. The van der Waals surface area contributed by atoms with Gasteiger partial charge in [0, 0.05) is 23.7 Å². The van der Waals surface area contributed by atoms with Crippen LogP contribution in [0.3, 0.4) is 0 Å². The number of aromatic nitrogens is 2. The van der Waals surface area contributed by atoms with Gasteiger partial charge in [-0.15, -0.1) is 0 Å². The quantitative estimate of drug-likeness (QED) is 0.496. The highest BCUT2D eigenvalue weighted by molar-refractivity contribution is 7.99. The van der Waals surface area contributed by atoms with Gasteiger partial charge in [-0.25, -0.2) is 4.98 Å². The number of benzene rings is 1. The van der Waals surface area contributed by atoms with Crippen LogP contribution in [0.5, 0.6) is 5.75 Å². The predicted octanol–water partition coefficient (Wildman–Crippen LogP) is 1.89. The molecular formula is C14H15N3OS. The van der Waals surface area contributed by atoms with Gasteiger partial charge in [-0.2, -0.15) is 0 Å². The highest BCUT2D eigenvalue weighted by Gasteiger charge is 1.98. The summed E-state index contributed by atoms with van der Waals surface area (Å²) in [4.78, 5) is 7.16. The topological polar surface area (TPSA) is 63.9 Å². The van der Waals surface area contributed by atoms with Gasteiger partial charge < -0.3 is 15.5 Å². The third-order valence-corrected chi connectivity index (χ3v) is 3.10. The van der Waals surface area contributed by atoms with Crippen LogP contribution in [0.25, 0.3) is 0 Å². The average molecular weight is 273 g/mol. The molecule has 2 rings (SSSR count). The Kier molecular flexibility index (Phi) is 5.35. The van der Waals surface area contributed by atoms with Crippen LogP contribution in [0, 0.1) is 11.8 Å². The first-order chi connectivity index (χ1) is 9.38. The van der Waals surface area contributed by atoms with Crippen molar-refractivity contribution >= 4 is 11.8 Å². The molecule has 1 aromatic carbocycles. The van der Waals surface area contributed by atoms with Gasteiger partial charge in [0.1, 0.15) is 5.75 Å². The van der Waals surface area contributed by atoms with Crippen molar-refractivity contribution in [3.8, 4) is 17.6 Å². The Balaban J connectivity index is 1.79. The lowest BCUT2D eigenvalue weighted by Crippen LogP contribution is -2.00. The van der Waals surface area contributed by atoms with Crippen molar-refractivity contribution in [3.63, 3.8) is 0 Å². The summed E-state index contributed by atoms with van der Waals surface area (Å²) in [6.07, 6.45) is 3.55. The molecule has 0 aliphatic heterocycles. The van der Waals surface area contributed by atoms with Crippen LogP contribution < -0.4 is 10.5 Å². The summed E-state index contributed by atoms with van der Waals surface area (Å²) in [6, 6.07) is 7.70. The average Bonchev–Trinajstić information content (AvgIpc) is 2.95. The fourth-order valence-electron chi connectivity index (χ4n) is 1.44. The molecule has 0 radical (unpaired) electrons. The molecule has 3 N–H and O–H groups in total. The minimum Gasteiger partial charge on any atom is -0.493 e. The molecule has 2 aromatic rings. The third kappa shape index (κ3) is 4.70. The maximum Gasteiger partial charge on any atom is 0.165 e. The van der Waals surface area contributed by atoms with Crippen molar-refractivity contribution in [1.29, 1.82) is 0 Å². The Morgan fingerprint density at radius 3 is 3.16 bits per heavy atom. The Bertz CT molecular complexity index is 558. The van der Waals surface area contributed by atoms with E-state index in [1.54, 1.807) is 18.0 Å². The smallest absolute Gasteiger partial charge is 0.165 e. The van der Waals surface area contributed by atoms with Gasteiger partial charge in [-0.3, -0.25) is 0 Å². The second kappa shape index (κ2) is 7.52. The number of nitrogens with zero attached hydrogens (tertiary/aromatic N) is 1. The van der Waals surface area contributed by atoms with E-state index in [1.807, 2.05) is 30.5 Å². The SMILES string of the molecule is NCC#Cc1cccc(OCCSc2ncc[nH]2)c1. The molecule has 4 nitrogen and oxygen atoms in total. The summed E-state index contributed by atoms with van der Waals surface area (Å²) in [5.74, 6) is 7.47. The number of nitrogens with two attached hydrogens (primary N) is 1. The zero-order valence-corrected chi connectivity index (χ0v) is 11.2. The molecule has 19 heavy (non-hydrogen) atoms. The first kappa shape index (κ1) is 13.5. The Hall–Kier alpha value is -1.90. The lowest BCUT2D eigenvalue weighted by molar-refractivity contribution is 0.344. The minimum absolute atomic E-state index is 0.366. The van der Waals surface area contributed by atoms with Crippen LogP contribution in [-0.2, 0) is 0 Å². The van der Waals surface area contributed by atoms with Gasteiger partial charge in [0.15, 0.2) is 5.16 Å². The standard InChI is InChI=1S/C14H15N3OS/c15-6-2-4-12-3-1-5-13(11-12)18-9-10-19-14-16-7-8-17-14/h1,3,5,7-8,11H,6,9-10,15H2,(H,16,17). The molecule has 0 saturated heterocycles. The zero-order chi connectivity index (χ0) is 13.3. The van der Waals surface area contributed by atoms with E-state index < -0.39 is 0 Å². The maximum absolute atomic E-state index is 5.66. The fraction of sp³-hybridized carbons (Fsp3) is 0.214. The summed E-state index contributed by atoms with van der Waals surface area (Å²) >= 11 is 1.63. The molecule has 0 fully saturated rings. The minimum atomic E-state index is 0.366. The van der Waals surface area contributed by atoms with Gasteiger partial charge in [0.2, 0.25) is 0 Å². The van der Waals surface area contributed by atoms with E-state index in [-0.39, 0.29) is 0 Å². The van der Waals surface area contributed by atoms with Gasteiger partial charge in [-0.05, 0) is 18.2 Å². The van der Waals surface area contributed by atoms with Crippen LogP contribution in [-0.4, -0.2) is 28.9 Å². The van der Waals surface area contributed by atoms with Gasteiger partial charge in [0.25, 0.3) is 0 Å².